The van der Waals surface area contributed by atoms with Gasteiger partial charge in [-0.15, -0.1) is 0 Å². The summed E-state index contributed by atoms with van der Waals surface area (Å²) in [6.45, 7) is 3.10. The minimum absolute atomic E-state index is 0.0663. The van der Waals surface area contributed by atoms with Crippen LogP contribution in [0, 0.1) is 21.8 Å². The summed E-state index contributed by atoms with van der Waals surface area (Å²) in [7, 11) is 0. The minimum atomic E-state index is -0.476. The van der Waals surface area contributed by atoms with Gasteiger partial charge < -0.3 is 9.80 Å². The monoisotopic (exact) mass is 426 g/mol. The highest BCUT2D eigenvalue weighted by Gasteiger charge is 2.38. The maximum absolute atomic E-state index is 14.1. The second-order valence-electron chi connectivity index (χ2n) is 7.89. The average molecular weight is 426 g/mol. The molecular weight excluding hydrogens is 403 g/mol. The maximum Gasteiger partial charge on any atom is 0.269 e. The van der Waals surface area contributed by atoms with Crippen LogP contribution in [-0.4, -0.2) is 59.3 Å². The van der Waals surface area contributed by atoms with Crippen LogP contribution in [0.25, 0.3) is 0 Å². The smallest absolute Gasteiger partial charge is 0.269 e. The first-order valence-electron chi connectivity index (χ1n) is 10.2. The number of halogens is 1. The van der Waals surface area contributed by atoms with Crippen LogP contribution in [0.3, 0.4) is 0 Å². The van der Waals surface area contributed by atoms with Gasteiger partial charge in [0.25, 0.3) is 5.69 Å². The van der Waals surface area contributed by atoms with E-state index in [2.05, 4.69) is 4.90 Å². The van der Waals surface area contributed by atoms with Crippen molar-refractivity contribution >= 4 is 23.2 Å². The zero-order chi connectivity index (χ0) is 22.0. The Morgan fingerprint density at radius 1 is 1.10 bits per heavy atom. The number of carbonyl (C=O) groups is 2. The SMILES string of the molecule is O=C(C1CC(=O)N(c2ccccc2F)C1)N1CCN(Cc2cccc([N+](=O)[O-])c2)CC1. The van der Waals surface area contributed by atoms with Crippen LogP contribution in [0.5, 0.6) is 0 Å². The molecule has 4 rings (SSSR count). The maximum atomic E-state index is 14.1. The van der Waals surface area contributed by atoms with Crippen LogP contribution in [0.4, 0.5) is 15.8 Å². The number of nitrogens with zero attached hydrogens (tertiary/aromatic N) is 4. The number of carbonyl (C=O) groups excluding carboxylic acids is 2. The number of benzene rings is 2. The second-order valence-corrected chi connectivity index (χ2v) is 7.89. The van der Waals surface area contributed by atoms with Gasteiger partial charge in [0.15, 0.2) is 0 Å². The number of anilines is 1. The molecule has 8 nitrogen and oxygen atoms in total. The van der Waals surface area contributed by atoms with E-state index in [-0.39, 0.29) is 36.2 Å². The number of hydrogen-bond donors (Lipinski definition) is 0. The second kappa shape index (κ2) is 8.81. The third-order valence-electron chi connectivity index (χ3n) is 5.83. The zero-order valence-electron chi connectivity index (χ0n) is 16.9. The lowest BCUT2D eigenvalue weighted by atomic mass is 10.1. The highest BCUT2D eigenvalue weighted by atomic mass is 19.1. The largest absolute Gasteiger partial charge is 0.340 e. The first kappa shape index (κ1) is 20.9. The highest BCUT2D eigenvalue weighted by Crippen LogP contribution is 2.28. The molecule has 9 heteroatoms. The van der Waals surface area contributed by atoms with E-state index in [1.807, 2.05) is 6.07 Å². The fourth-order valence-corrected chi connectivity index (χ4v) is 4.19. The first-order chi connectivity index (χ1) is 14.9. The van der Waals surface area contributed by atoms with Crippen LogP contribution in [0.15, 0.2) is 48.5 Å². The average Bonchev–Trinajstić information content (AvgIpc) is 3.15. The van der Waals surface area contributed by atoms with Gasteiger partial charge in [-0.3, -0.25) is 24.6 Å². The molecule has 2 fully saturated rings. The summed E-state index contributed by atoms with van der Waals surface area (Å²) in [5.41, 5.74) is 1.14. The van der Waals surface area contributed by atoms with Crippen LogP contribution >= 0.6 is 0 Å². The van der Waals surface area contributed by atoms with Crippen molar-refractivity contribution in [1.29, 1.82) is 0 Å². The first-order valence-corrected chi connectivity index (χ1v) is 10.2. The van der Waals surface area contributed by atoms with Crippen molar-refractivity contribution in [2.45, 2.75) is 13.0 Å². The molecule has 31 heavy (non-hydrogen) atoms. The molecule has 1 atom stereocenters. The number of amides is 2. The van der Waals surface area contributed by atoms with Crippen molar-refractivity contribution in [3.05, 3.63) is 70.0 Å². The van der Waals surface area contributed by atoms with Gasteiger partial charge in [-0.05, 0) is 17.7 Å². The van der Waals surface area contributed by atoms with Crippen LogP contribution in [-0.2, 0) is 16.1 Å². The van der Waals surface area contributed by atoms with E-state index in [0.717, 1.165) is 5.56 Å². The number of hydrogen-bond acceptors (Lipinski definition) is 5. The lowest BCUT2D eigenvalue weighted by Crippen LogP contribution is -2.50. The number of piperazine rings is 1. The third kappa shape index (κ3) is 4.56. The topological polar surface area (TPSA) is 87.0 Å². The van der Waals surface area contributed by atoms with E-state index in [1.54, 1.807) is 35.2 Å². The number of nitro groups is 1. The molecule has 0 aromatic heterocycles. The quantitative estimate of drug-likeness (QED) is 0.541. The van der Waals surface area contributed by atoms with Gasteiger partial charge in [0, 0.05) is 57.8 Å². The molecule has 0 radical (unpaired) electrons. The van der Waals surface area contributed by atoms with Gasteiger partial charge >= 0.3 is 0 Å². The molecule has 2 heterocycles. The van der Waals surface area contributed by atoms with Crippen LogP contribution < -0.4 is 4.90 Å². The van der Waals surface area contributed by atoms with E-state index in [9.17, 15) is 24.1 Å². The number of non-ortho nitro benzene ring substituents is 1. The summed E-state index contributed by atoms with van der Waals surface area (Å²) in [6, 6.07) is 12.6. The van der Waals surface area contributed by atoms with Crippen molar-refractivity contribution in [1.82, 2.24) is 9.80 Å². The standard InChI is InChI=1S/C22H23FN4O4/c23-19-6-1-2-7-20(19)26-15-17(13-21(26)28)22(29)25-10-8-24(9-11-25)14-16-4-3-5-18(12-16)27(30)31/h1-7,12,17H,8-11,13-15H2. The Bertz CT molecular complexity index is 1010. The molecule has 0 aliphatic carbocycles. The van der Waals surface area contributed by atoms with Gasteiger partial charge in [0.2, 0.25) is 11.8 Å². The lowest BCUT2D eigenvalue weighted by molar-refractivity contribution is -0.384. The summed E-state index contributed by atoms with van der Waals surface area (Å²) in [5, 5.41) is 10.9. The van der Waals surface area contributed by atoms with Crippen molar-refractivity contribution in [3.63, 3.8) is 0 Å². The molecule has 0 N–H and O–H groups in total. The molecule has 0 bridgehead atoms. The van der Waals surface area contributed by atoms with Crippen molar-refractivity contribution in [3.8, 4) is 0 Å². The Hall–Kier alpha value is -3.33. The Morgan fingerprint density at radius 3 is 2.55 bits per heavy atom. The van der Waals surface area contributed by atoms with Crippen molar-refractivity contribution < 1.29 is 18.9 Å². The van der Waals surface area contributed by atoms with E-state index in [4.69, 9.17) is 0 Å². The molecular formula is C22H23FN4O4. The summed E-state index contributed by atoms with van der Waals surface area (Å²) in [4.78, 5) is 41.1. The van der Waals surface area contributed by atoms with E-state index < -0.39 is 16.7 Å². The van der Waals surface area contributed by atoms with Crippen LogP contribution in [0.2, 0.25) is 0 Å². The molecule has 2 aliphatic rings. The Morgan fingerprint density at radius 2 is 1.84 bits per heavy atom. The fraction of sp³-hybridized carbons (Fsp3) is 0.364. The third-order valence-corrected chi connectivity index (χ3v) is 5.83. The highest BCUT2D eigenvalue weighted by molar-refractivity contribution is 6.00. The fourth-order valence-electron chi connectivity index (χ4n) is 4.19. The number of rotatable bonds is 5. The van der Waals surface area contributed by atoms with Crippen molar-refractivity contribution in [2.24, 2.45) is 5.92 Å². The normalized spacial score (nSPS) is 19.6. The molecule has 0 saturated carbocycles. The van der Waals surface area contributed by atoms with Gasteiger partial charge in [0.05, 0.1) is 16.5 Å². The molecule has 2 aromatic carbocycles. The Balaban J connectivity index is 1.32. The van der Waals surface area contributed by atoms with E-state index >= 15 is 0 Å². The summed E-state index contributed by atoms with van der Waals surface area (Å²) < 4.78 is 14.1. The Labute approximate surface area is 179 Å². The molecule has 2 aliphatic heterocycles. The number of para-hydroxylation sites is 1. The summed E-state index contributed by atoms with van der Waals surface area (Å²) in [6.07, 6.45) is 0.0844. The van der Waals surface area contributed by atoms with E-state index in [1.165, 1.54) is 17.0 Å². The van der Waals surface area contributed by atoms with Gasteiger partial charge in [-0.1, -0.05) is 24.3 Å². The van der Waals surface area contributed by atoms with Gasteiger partial charge in [-0.2, -0.15) is 0 Å². The van der Waals surface area contributed by atoms with Gasteiger partial charge in [-0.25, -0.2) is 4.39 Å². The molecule has 2 amide bonds. The molecule has 162 valence electrons. The summed E-state index contributed by atoms with van der Waals surface area (Å²) >= 11 is 0. The molecule has 2 saturated heterocycles. The van der Waals surface area contributed by atoms with Crippen LogP contribution in [0.1, 0.15) is 12.0 Å². The number of nitro benzene ring substituents is 1. The molecule has 0 spiro atoms. The molecule has 1 unspecified atom stereocenters. The predicted molar refractivity (Wildman–Crippen MR) is 112 cm³/mol. The van der Waals surface area contributed by atoms with E-state index in [0.29, 0.717) is 32.7 Å². The minimum Gasteiger partial charge on any atom is -0.340 e. The van der Waals surface area contributed by atoms with Crippen molar-refractivity contribution in [2.75, 3.05) is 37.6 Å². The lowest BCUT2D eigenvalue weighted by Gasteiger charge is -2.35. The Kier molecular flexibility index (Phi) is 5.94. The van der Waals surface area contributed by atoms with Gasteiger partial charge in [0.1, 0.15) is 5.82 Å². The predicted octanol–water partition coefficient (Wildman–Crippen LogP) is 2.43. The molecule has 2 aromatic rings. The zero-order valence-corrected chi connectivity index (χ0v) is 16.9. The summed E-state index contributed by atoms with van der Waals surface area (Å²) in [5.74, 6) is -1.27.